The van der Waals surface area contributed by atoms with Crippen molar-refractivity contribution < 1.29 is 23.5 Å². The number of ketones is 1. The van der Waals surface area contributed by atoms with Crippen LogP contribution in [0.1, 0.15) is 27.2 Å². The van der Waals surface area contributed by atoms with Crippen LogP contribution >= 0.6 is 11.6 Å². The molecule has 0 atom stereocenters. The van der Waals surface area contributed by atoms with Gasteiger partial charge in [-0.05, 0) is 48.4 Å². The largest absolute Gasteiger partial charge is 0.465 e. The molecular formula is C22H15ClO5. The first-order chi connectivity index (χ1) is 13.5. The minimum absolute atomic E-state index is 0.108. The molecular weight excluding hydrogens is 380 g/mol. The predicted octanol–water partition coefficient (Wildman–Crippen LogP) is 5.01. The number of furan rings is 1. The third kappa shape index (κ3) is 3.70. The quantitative estimate of drug-likeness (QED) is 0.353. The van der Waals surface area contributed by atoms with E-state index in [0.717, 1.165) is 5.56 Å². The first-order valence-corrected chi connectivity index (χ1v) is 8.95. The predicted molar refractivity (Wildman–Crippen MR) is 104 cm³/mol. The van der Waals surface area contributed by atoms with Crippen molar-refractivity contribution in [2.24, 2.45) is 0 Å². The maximum absolute atomic E-state index is 12.6. The number of rotatable bonds is 4. The molecule has 5 nitrogen and oxygen atoms in total. The van der Waals surface area contributed by atoms with Crippen molar-refractivity contribution in [2.45, 2.75) is 13.3 Å². The average Bonchev–Trinajstić information content (AvgIpc) is 3.26. The minimum atomic E-state index is -0.419. The number of benzene rings is 2. The Kier molecular flexibility index (Phi) is 4.75. The fourth-order valence-electron chi connectivity index (χ4n) is 2.98. The molecule has 1 aliphatic heterocycles. The minimum Gasteiger partial charge on any atom is -0.465 e. The van der Waals surface area contributed by atoms with Crippen molar-refractivity contribution in [1.29, 1.82) is 0 Å². The highest BCUT2D eigenvalue weighted by atomic mass is 35.5. The van der Waals surface area contributed by atoms with Crippen LogP contribution in [0.4, 0.5) is 0 Å². The third-order valence-electron chi connectivity index (χ3n) is 4.25. The molecule has 1 aliphatic rings. The van der Waals surface area contributed by atoms with E-state index in [1.54, 1.807) is 55.5 Å². The maximum atomic E-state index is 12.6. The van der Waals surface area contributed by atoms with Gasteiger partial charge in [-0.1, -0.05) is 23.7 Å². The molecule has 0 saturated heterocycles. The van der Waals surface area contributed by atoms with Crippen molar-refractivity contribution in [3.8, 4) is 11.5 Å². The number of hydrogen-bond acceptors (Lipinski definition) is 5. The van der Waals surface area contributed by atoms with Crippen LogP contribution in [0.5, 0.6) is 11.5 Å². The van der Waals surface area contributed by atoms with Gasteiger partial charge in [-0.25, -0.2) is 0 Å². The second kappa shape index (κ2) is 7.37. The maximum Gasteiger partial charge on any atom is 0.315 e. The smallest absolute Gasteiger partial charge is 0.315 e. The van der Waals surface area contributed by atoms with Gasteiger partial charge in [-0.3, -0.25) is 9.59 Å². The zero-order valence-corrected chi connectivity index (χ0v) is 15.7. The van der Waals surface area contributed by atoms with Gasteiger partial charge in [0.25, 0.3) is 0 Å². The molecule has 0 saturated carbocycles. The van der Waals surface area contributed by atoms with Gasteiger partial charge in [-0.2, -0.15) is 0 Å². The van der Waals surface area contributed by atoms with Crippen LogP contribution in [-0.4, -0.2) is 11.8 Å². The molecule has 0 radical (unpaired) electrons. The molecule has 4 rings (SSSR count). The Bertz CT molecular complexity index is 1080. The second-order valence-electron chi connectivity index (χ2n) is 6.35. The van der Waals surface area contributed by atoms with E-state index in [4.69, 9.17) is 25.5 Å². The fourth-order valence-corrected chi connectivity index (χ4v) is 3.10. The van der Waals surface area contributed by atoms with Crippen molar-refractivity contribution in [2.75, 3.05) is 0 Å². The first-order valence-electron chi connectivity index (χ1n) is 8.57. The van der Waals surface area contributed by atoms with E-state index in [-0.39, 0.29) is 18.0 Å². The van der Waals surface area contributed by atoms with E-state index in [0.29, 0.717) is 33.4 Å². The number of hydrogen-bond donors (Lipinski definition) is 0. The third-order valence-corrected chi connectivity index (χ3v) is 4.51. The Labute approximate surface area is 166 Å². The SMILES string of the molecule is Cc1cc(OC(=O)Cc2ccc(Cl)cc2)cc2c1C(=O)/C(=C/c1ccco1)O2. The van der Waals surface area contributed by atoms with Gasteiger partial charge in [0.05, 0.1) is 18.2 Å². The molecule has 0 N–H and O–H groups in total. The summed E-state index contributed by atoms with van der Waals surface area (Å²) in [6, 6.07) is 13.6. The molecule has 0 bridgehead atoms. The molecule has 140 valence electrons. The van der Waals surface area contributed by atoms with Crippen molar-refractivity contribution >= 4 is 29.4 Å². The van der Waals surface area contributed by atoms with Crippen LogP contribution in [-0.2, 0) is 11.2 Å². The summed E-state index contributed by atoms with van der Waals surface area (Å²) in [5, 5.41) is 0.603. The number of carbonyl (C=O) groups is 2. The van der Waals surface area contributed by atoms with E-state index in [2.05, 4.69) is 0 Å². The van der Waals surface area contributed by atoms with Crippen LogP contribution in [0.2, 0.25) is 5.02 Å². The highest BCUT2D eigenvalue weighted by Crippen LogP contribution is 2.37. The number of fused-ring (bicyclic) bond motifs is 1. The molecule has 0 aliphatic carbocycles. The average molecular weight is 395 g/mol. The number of esters is 1. The van der Waals surface area contributed by atoms with Crippen molar-refractivity contribution in [1.82, 2.24) is 0 Å². The Morgan fingerprint density at radius 2 is 1.96 bits per heavy atom. The Hall–Kier alpha value is -3.31. The number of ether oxygens (including phenoxy) is 2. The summed E-state index contributed by atoms with van der Waals surface area (Å²) in [5.41, 5.74) is 1.91. The Morgan fingerprint density at radius 1 is 1.18 bits per heavy atom. The highest BCUT2D eigenvalue weighted by molar-refractivity contribution is 6.30. The second-order valence-corrected chi connectivity index (χ2v) is 6.78. The summed E-state index contributed by atoms with van der Waals surface area (Å²) < 4.78 is 16.3. The molecule has 28 heavy (non-hydrogen) atoms. The number of halogens is 1. The van der Waals surface area contributed by atoms with Crippen molar-refractivity contribution in [3.63, 3.8) is 0 Å². The number of carbonyl (C=O) groups excluding carboxylic acids is 2. The van der Waals surface area contributed by atoms with E-state index in [9.17, 15) is 9.59 Å². The molecule has 6 heteroatoms. The van der Waals surface area contributed by atoms with Crippen LogP contribution < -0.4 is 9.47 Å². The number of Topliss-reactive ketones (excluding diaryl/α,β-unsaturated/α-hetero) is 1. The van der Waals surface area contributed by atoms with Gasteiger partial charge in [0, 0.05) is 17.2 Å². The van der Waals surface area contributed by atoms with Gasteiger partial charge in [0.2, 0.25) is 5.78 Å². The van der Waals surface area contributed by atoms with E-state index in [1.807, 2.05) is 0 Å². The lowest BCUT2D eigenvalue weighted by Gasteiger charge is -2.08. The topological polar surface area (TPSA) is 65.7 Å². The zero-order chi connectivity index (χ0) is 19.7. The van der Waals surface area contributed by atoms with Crippen LogP contribution in [0, 0.1) is 6.92 Å². The van der Waals surface area contributed by atoms with Crippen LogP contribution in [0.3, 0.4) is 0 Å². The fraction of sp³-hybridized carbons (Fsp3) is 0.0909. The number of allylic oxidation sites excluding steroid dienone is 1. The number of aryl methyl sites for hydroxylation is 1. The summed E-state index contributed by atoms with van der Waals surface area (Å²) in [7, 11) is 0. The molecule has 0 fully saturated rings. The lowest BCUT2D eigenvalue weighted by molar-refractivity contribution is -0.133. The van der Waals surface area contributed by atoms with E-state index in [1.165, 1.54) is 12.3 Å². The molecule has 0 spiro atoms. The Balaban J connectivity index is 1.52. The molecule has 2 aromatic carbocycles. The van der Waals surface area contributed by atoms with Crippen molar-refractivity contribution in [3.05, 3.63) is 88.0 Å². The van der Waals surface area contributed by atoms with E-state index >= 15 is 0 Å². The van der Waals surface area contributed by atoms with Gasteiger partial charge in [0.15, 0.2) is 5.76 Å². The van der Waals surface area contributed by atoms with E-state index < -0.39 is 5.97 Å². The lowest BCUT2D eigenvalue weighted by Crippen LogP contribution is -2.11. The zero-order valence-electron chi connectivity index (χ0n) is 14.9. The Morgan fingerprint density at radius 3 is 2.68 bits per heavy atom. The normalized spacial score (nSPS) is 14.1. The van der Waals surface area contributed by atoms with Gasteiger partial charge < -0.3 is 13.9 Å². The summed E-state index contributed by atoms with van der Waals surface area (Å²) in [6.45, 7) is 1.77. The summed E-state index contributed by atoms with van der Waals surface area (Å²) in [4.78, 5) is 24.8. The van der Waals surface area contributed by atoms with Gasteiger partial charge >= 0.3 is 5.97 Å². The summed E-state index contributed by atoms with van der Waals surface area (Å²) >= 11 is 5.85. The molecule has 0 unspecified atom stereocenters. The summed E-state index contributed by atoms with van der Waals surface area (Å²) in [5.74, 6) is 0.709. The van der Waals surface area contributed by atoms with Crippen LogP contribution in [0.15, 0.2) is 65.0 Å². The van der Waals surface area contributed by atoms with Crippen LogP contribution in [0.25, 0.3) is 6.08 Å². The standard InChI is InChI=1S/C22H15ClO5/c1-13-9-17(27-20(24)10-14-4-6-15(23)7-5-14)12-18-21(13)22(25)19(28-18)11-16-3-2-8-26-16/h2-9,11-12H,10H2,1H3/b19-11-. The summed E-state index contributed by atoms with van der Waals surface area (Å²) in [6.07, 6.45) is 3.16. The molecule has 1 aromatic heterocycles. The monoisotopic (exact) mass is 394 g/mol. The highest BCUT2D eigenvalue weighted by Gasteiger charge is 2.30. The molecule has 2 heterocycles. The molecule has 3 aromatic rings. The van der Waals surface area contributed by atoms with Gasteiger partial charge in [0.1, 0.15) is 17.3 Å². The molecule has 0 amide bonds. The lowest BCUT2D eigenvalue weighted by atomic mass is 10.0. The first kappa shape index (κ1) is 18.1. The van der Waals surface area contributed by atoms with Gasteiger partial charge in [-0.15, -0.1) is 0 Å².